The van der Waals surface area contributed by atoms with E-state index in [0.717, 1.165) is 6.08 Å². The molecule has 0 aliphatic carbocycles. The molecule has 1 unspecified atom stereocenters. The number of hydrogen-bond donors (Lipinski definition) is 0. The second-order valence-electron chi connectivity index (χ2n) is 3.77. The van der Waals surface area contributed by atoms with Crippen LogP contribution in [0.4, 0.5) is 26.3 Å². The molecule has 0 fully saturated rings. The normalized spacial score (nSPS) is 15.3. The lowest BCUT2D eigenvalue weighted by Crippen LogP contribution is -2.53. The molecular formula is C11H14F6O. The Labute approximate surface area is 101 Å². The molecule has 0 aromatic carbocycles. The molecule has 0 aliphatic heterocycles. The Morgan fingerprint density at radius 3 is 1.94 bits per heavy atom. The average molecular weight is 276 g/mol. The van der Waals surface area contributed by atoms with E-state index in [9.17, 15) is 26.3 Å². The Balaban J connectivity index is 4.92. The summed E-state index contributed by atoms with van der Waals surface area (Å²) in [6.07, 6.45) is -0.991. The van der Waals surface area contributed by atoms with Gasteiger partial charge in [0.2, 0.25) is 0 Å². The SMILES string of the molecule is C=CCOC(C=C)CC(F)(F)C(F)(F)C(C)(F)F. The third-order valence-electron chi connectivity index (χ3n) is 2.16. The second-order valence-corrected chi connectivity index (χ2v) is 3.77. The molecule has 18 heavy (non-hydrogen) atoms. The topological polar surface area (TPSA) is 9.23 Å². The molecule has 106 valence electrons. The molecule has 0 rings (SSSR count). The molecule has 0 aliphatic rings. The van der Waals surface area contributed by atoms with Gasteiger partial charge in [0.25, 0.3) is 0 Å². The third kappa shape index (κ3) is 3.76. The van der Waals surface area contributed by atoms with E-state index in [2.05, 4.69) is 17.9 Å². The minimum atomic E-state index is -5.46. The molecule has 1 nitrogen and oxygen atoms in total. The van der Waals surface area contributed by atoms with Crippen LogP contribution in [0, 0.1) is 0 Å². The average Bonchev–Trinajstić information content (AvgIpc) is 2.22. The van der Waals surface area contributed by atoms with Crippen LogP contribution in [0.1, 0.15) is 13.3 Å². The molecule has 0 N–H and O–H groups in total. The predicted molar refractivity (Wildman–Crippen MR) is 55.3 cm³/mol. The molecular weight excluding hydrogens is 262 g/mol. The highest BCUT2D eigenvalue weighted by atomic mass is 19.3. The van der Waals surface area contributed by atoms with E-state index in [1.165, 1.54) is 6.08 Å². The fraction of sp³-hybridized carbons (Fsp3) is 0.636. The Morgan fingerprint density at radius 1 is 1.11 bits per heavy atom. The van der Waals surface area contributed by atoms with Crippen LogP contribution < -0.4 is 0 Å². The summed E-state index contributed by atoms with van der Waals surface area (Å²) in [5, 5.41) is 0. The quantitative estimate of drug-likeness (QED) is 0.480. The Morgan fingerprint density at radius 2 is 1.61 bits per heavy atom. The lowest BCUT2D eigenvalue weighted by Gasteiger charge is -2.32. The number of rotatable bonds is 8. The van der Waals surface area contributed by atoms with Gasteiger partial charge in [-0.1, -0.05) is 12.2 Å². The molecule has 0 aromatic rings. The Hall–Kier alpha value is -0.980. The largest absolute Gasteiger partial charge is 0.371 e. The summed E-state index contributed by atoms with van der Waals surface area (Å²) in [5.41, 5.74) is 0. The van der Waals surface area contributed by atoms with Crippen molar-refractivity contribution < 1.29 is 31.1 Å². The van der Waals surface area contributed by atoms with Gasteiger partial charge in [0, 0.05) is 13.3 Å². The van der Waals surface area contributed by atoms with Crippen LogP contribution in [0.15, 0.2) is 25.3 Å². The zero-order valence-electron chi connectivity index (χ0n) is 9.74. The van der Waals surface area contributed by atoms with Gasteiger partial charge >= 0.3 is 17.8 Å². The first-order valence-corrected chi connectivity index (χ1v) is 4.98. The number of halogens is 6. The summed E-state index contributed by atoms with van der Waals surface area (Å²) in [5.74, 6) is -15.2. The van der Waals surface area contributed by atoms with Gasteiger partial charge in [-0.25, -0.2) is 0 Å². The number of alkyl halides is 6. The predicted octanol–water partition coefficient (Wildman–Crippen LogP) is 4.06. The summed E-state index contributed by atoms with van der Waals surface area (Å²) < 4.78 is 81.9. The first-order chi connectivity index (χ1) is 7.99. The fourth-order valence-corrected chi connectivity index (χ4v) is 1.10. The van der Waals surface area contributed by atoms with Gasteiger partial charge in [0.15, 0.2) is 0 Å². The lowest BCUT2D eigenvalue weighted by molar-refractivity contribution is -0.308. The van der Waals surface area contributed by atoms with Crippen molar-refractivity contribution in [3.8, 4) is 0 Å². The van der Waals surface area contributed by atoms with Crippen molar-refractivity contribution in [2.45, 2.75) is 37.2 Å². The van der Waals surface area contributed by atoms with Crippen molar-refractivity contribution in [1.82, 2.24) is 0 Å². The smallest absolute Gasteiger partial charge is 0.370 e. The van der Waals surface area contributed by atoms with Crippen molar-refractivity contribution in [1.29, 1.82) is 0 Å². The van der Waals surface area contributed by atoms with E-state index in [-0.39, 0.29) is 13.5 Å². The Bertz CT molecular complexity index is 294. The van der Waals surface area contributed by atoms with Gasteiger partial charge in [-0.2, -0.15) is 26.3 Å². The van der Waals surface area contributed by atoms with E-state index in [1.807, 2.05) is 0 Å². The summed E-state index contributed by atoms with van der Waals surface area (Å²) >= 11 is 0. The lowest BCUT2D eigenvalue weighted by atomic mass is 10.00. The standard InChI is InChI=1S/C11H14F6O/c1-4-6-18-8(5-2)7-10(14,15)11(16,17)9(3,12)13/h4-5,8H,1-2,6-7H2,3H3. The zero-order valence-corrected chi connectivity index (χ0v) is 9.74. The molecule has 0 saturated carbocycles. The van der Waals surface area contributed by atoms with Gasteiger partial charge in [-0.15, -0.1) is 13.2 Å². The maximum Gasteiger partial charge on any atom is 0.371 e. The van der Waals surface area contributed by atoms with Crippen molar-refractivity contribution in [2.75, 3.05) is 6.61 Å². The summed E-state index contributed by atoms with van der Waals surface area (Å²) in [6, 6.07) is 0. The summed E-state index contributed by atoms with van der Waals surface area (Å²) in [4.78, 5) is 0. The zero-order chi connectivity index (χ0) is 14.6. The Kier molecular flexibility index (Phi) is 5.46. The van der Waals surface area contributed by atoms with Crippen LogP contribution in [0.5, 0.6) is 0 Å². The minimum Gasteiger partial charge on any atom is -0.370 e. The first kappa shape index (κ1) is 17.0. The van der Waals surface area contributed by atoms with Crippen LogP contribution in [0.25, 0.3) is 0 Å². The first-order valence-electron chi connectivity index (χ1n) is 4.98. The minimum absolute atomic E-state index is 0.180. The number of hydrogen-bond acceptors (Lipinski definition) is 1. The number of ether oxygens (including phenoxy) is 1. The summed E-state index contributed by atoms with van der Waals surface area (Å²) in [7, 11) is 0. The van der Waals surface area contributed by atoms with Crippen molar-refractivity contribution in [3.05, 3.63) is 25.3 Å². The molecule has 0 spiro atoms. The molecule has 0 amide bonds. The van der Waals surface area contributed by atoms with Gasteiger partial charge in [-0.05, 0) is 0 Å². The van der Waals surface area contributed by atoms with Crippen LogP contribution in [0.3, 0.4) is 0 Å². The maximum absolute atomic E-state index is 13.2. The van der Waals surface area contributed by atoms with Crippen LogP contribution >= 0.6 is 0 Å². The second kappa shape index (κ2) is 5.77. The van der Waals surface area contributed by atoms with Crippen molar-refractivity contribution >= 4 is 0 Å². The van der Waals surface area contributed by atoms with E-state index < -0.39 is 30.3 Å². The summed E-state index contributed by atoms with van der Waals surface area (Å²) in [6.45, 7) is 5.92. The molecule has 7 heteroatoms. The maximum atomic E-state index is 13.2. The van der Waals surface area contributed by atoms with Gasteiger partial charge in [0.1, 0.15) is 0 Å². The van der Waals surface area contributed by atoms with Crippen LogP contribution in [-0.4, -0.2) is 30.5 Å². The monoisotopic (exact) mass is 276 g/mol. The molecule has 0 radical (unpaired) electrons. The molecule has 0 bridgehead atoms. The molecule has 0 aromatic heterocycles. The van der Waals surface area contributed by atoms with E-state index in [1.54, 1.807) is 0 Å². The van der Waals surface area contributed by atoms with Gasteiger partial charge in [0.05, 0.1) is 12.7 Å². The van der Waals surface area contributed by atoms with Crippen LogP contribution in [0.2, 0.25) is 0 Å². The highest BCUT2D eigenvalue weighted by Gasteiger charge is 2.69. The van der Waals surface area contributed by atoms with Gasteiger partial charge < -0.3 is 4.74 Å². The molecule has 0 saturated heterocycles. The fourth-order valence-electron chi connectivity index (χ4n) is 1.10. The van der Waals surface area contributed by atoms with E-state index >= 15 is 0 Å². The van der Waals surface area contributed by atoms with E-state index in [4.69, 9.17) is 0 Å². The highest BCUT2D eigenvalue weighted by molar-refractivity contribution is 4.98. The molecule has 1 atom stereocenters. The van der Waals surface area contributed by atoms with Gasteiger partial charge in [-0.3, -0.25) is 0 Å². The van der Waals surface area contributed by atoms with Crippen LogP contribution in [-0.2, 0) is 4.74 Å². The highest BCUT2D eigenvalue weighted by Crippen LogP contribution is 2.47. The van der Waals surface area contributed by atoms with E-state index in [0.29, 0.717) is 0 Å². The van der Waals surface area contributed by atoms with Crippen molar-refractivity contribution in [3.63, 3.8) is 0 Å². The molecule has 0 heterocycles. The third-order valence-corrected chi connectivity index (χ3v) is 2.16. The van der Waals surface area contributed by atoms with Crippen molar-refractivity contribution in [2.24, 2.45) is 0 Å².